The highest BCUT2D eigenvalue weighted by atomic mass is 35.5. The topological polar surface area (TPSA) is 62.0 Å². The van der Waals surface area contributed by atoms with Crippen LogP contribution < -0.4 is 5.32 Å². The van der Waals surface area contributed by atoms with E-state index in [0.717, 1.165) is 18.2 Å². The first-order valence-corrected chi connectivity index (χ1v) is 8.99. The van der Waals surface area contributed by atoms with Gasteiger partial charge in [0.1, 0.15) is 17.3 Å². The second kappa shape index (κ2) is 7.48. The van der Waals surface area contributed by atoms with Gasteiger partial charge < -0.3 is 10.3 Å². The number of ketones is 1. The lowest BCUT2D eigenvalue weighted by molar-refractivity contribution is 0.102. The number of aromatic amines is 1. The van der Waals surface area contributed by atoms with Crippen LogP contribution in [0.1, 0.15) is 26.4 Å². The summed E-state index contributed by atoms with van der Waals surface area (Å²) < 4.78 is 27.5. The summed E-state index contributed by atoms with van der Waals surface area (Å²) in [5, 5.41) is 3.50. The SMILES string of the molecule is O=C(Nc1c(C(=O)c2ccccc2)[nH]c2cc(Cl)ccc12)c1cc(F)ccc1F. The molecule has 4 nitrogen and oxygen atoms in total. The Morgan fingerprint density at radius 2 is 1.69 bits per heavy atom. The van der Waals surface area contributed by atoms with Crippen LogP contribution in [0.2, 0.25) is 5.02 Å². The van der Waals surface area contributed by atoms with E-state index in [4.69, 9.17) is 11.6 Å². The van der Waals surface area contributed by atoms with Crippen molar-refractivity contribution in [3.8, 4) is 0 Å². The van der Waals surface area contributed by atoms with Crippen LogP contribution in [0.5, 0.6) is 0 Å². The molecule has 0 spiro atoms. The molecule has 0 saturated carbocycles. The summed E-state index contributed by atoms with van der Waals surface area (Å²) in [7, 11) is 0. The van der Waals surface area contributed by atoms with E-state index >= 15 is 0 Å². The number of fused-ring (bicyclic) bond motifs is 1. The van der Waals surface area contributed by atoms with Crippen LogP contribution in [-0.2, 0) is 0 Å². The van der Waals surface area contributed by atoms with E-state index in [9.17, 15) is 18.4 Å². The van der Waals surface area contributed by atoms with Crippen LogP contribution in [-0.4, -0.2) is 16.7 Å². The molecule has 1 heterocycles. The number of carbonyl (C=O) groups excluding carboxylic acids is 2. The van der Waals surface area contributed by atoms with Crippen LogP contribution in [0, 0.1) is 11.6 Å². The Labute approximate surface area is 169 Å². The zero-order valence-corrected chi connectivity index (χ0v) is 15.6. The van der Waals surface area contributed by atoms with E-state index in [1.165, 1.54) is 0 Å². The minimum Gasteiger partial charge on any atom is -0.350 e. The summed E-state index contributed by atoms with van der Waals surface area (Å²) in [6.45, 7) is 0. The number of rotatable bonds is 4. The van der Waals surface area contributed by atoms with Crippen molar-refractivity contribution < 1.29 is 18.4 Å². The normalized spacial score (nSPS) is 10.9. The number of benzene rings is 3. The largest absolute Gasteiger partial charge is 0.350 e. The van der Waals surface area contributed by atoms with Gasteiger partial charge in [-0.25, -0.2) is 8.78 Å². The molecule has 0 radical (unpaired) electrons. The Kier molecular flexibility index (Phi) is 4.86. The molecule has 3 aromatic carbocycles. The van der Waals surface area contributed by atoms with Gasteiger partial charge in [0.15, 0.2) is 0 Å². The molecule has 1 aromatic heterocycles. The lowest BCUT2D eigenvalue weighted by Crippen LogP contribution is -2.16. The number of carbonyl (C=O) groups is 2. The number of nitrogens with one attached hydrogen (secondary N) is 2. The van der Waals surface area contributed by atoms with E-state index < -0.39 is 23.1 Å². The zero-order valence-electron chi connectivity index (χ0n) is 14.8. The summed E-state index contributed by atoms with van der Waals surface area (Å²) in [6.07, 6.45) is 0. The van der Waals surface area contributed by atoms with E-state index in [1.807, 2.05) is 0 Å². The lowest BCUT2D eigenvalue weighted by Gasteiger charge is -2.08. The predicted molar refractivity (Wildman–Crippen MR) is 107 cm³/mol. The highest BCUT2D eigenvalue weighted by Crippen LogP contribution is 2.32. The highest BCUT2D eigenvalue weighted by molar-refractivity contribution is 6.31. The predicted octanol–water partition coefficient (Wildman–Crippen LogP) is 5.58. The number of halogens is 3. The number of H-pyrrole nitrogens is 1. The van der Waals surface area contributed by atoms with Crippen molar-refractivity contribution in [3.05, 3.63) is 100 Å². The van der Waals surface area contributed by atoms with Gasteiger partial charge in [0.2, 0.25) is 5.78 Å². The molecule has 4 rings (SSSR count). The third-order valence-corrected chi connectivity index (χ3v) is 4.67. The van der Waals surface area contributed by atoms with Gasteiger partial charge in [0.25, 0.3) is 5.91 Å². The number of hydrogen-bond acceptors (Lipinski definition) is 2. The van der Waals surface area contributed by atoms with Crippen LogP contribution in [0.4, 0.5) is 14.5 Å². The Morgan fingerprint density at radius 3 is 2.45 bits per heavy atom. The minimum atomic E-state index is -0.875. The van der Waals surface area contributed by atoms with Gasteiger partial charge in [-0.05, 0) is 36.4 Å². The summed E-state index contributed by atoms with van der Waals surface area (Å²) in [6, 6.07) is 15.9. The average molecular weight is 411 g/mol. The van der Waals surface area contributed by atoms with Crippen molar-refractivity contribution in [1.82, 2.24) is 4.98 Å². The Hall–Kier alpha value is -3.51. The van der Waals surface area contributed by atoms with Gasteiger partial charge in [-0.1, -0.05) is 41.9 Å². The second-order valence-electron chi connectivity index (χ2n) is 6.34. The van der Waals surface area contributed by atoms with E-state index in [0.29, 0.717) is 21.5 Å². The maximum atomic E-state index is 14.0. The molecule has 0 unspecified atom stereocenters. The zero-order chi connectivity index (χ0) is 20.5. The molecule has 4 aromatic rings. The quantitative estimate of drug-likeness (QED) is 0.431. The third kappa shape index (κ3) is 3.62. The summed E-state index contributed by atoms with van der Waals surface area (Å²) in [5.74, 6) is -2.86. The second-order valence-corrected chi connectivity index (χ2v) is 6.77. The fraction of sp³-hybridized carbons (Fsp3) is 0. The smallest absolute Gasteiger partial charge is 0.258 e. The van der Waals surface area contributed by atoms with E-state index in [-0.39, 0.29) is 17.2 Å². The first kappa shape index (κ1) is 18.8. The molecule has 0 fully saturated rings. The van der Waals surface area contributed by atoms with E-state index in [1.54, 1.807) is 48.5 Å². The third-order valence-electron chi connectivity index (χ3n) is 4.44. The Bertz CT molecular complexity index is 1250. The van der Waals surface area contributed by atoms with Gasteiger partial charge in [-0.15, -0.1) is 0 Å². The first-order valence-electron chi connectivity index (χ1n) is 8.61. The molecule has 0 aliphatic heterocycles. The van der Waals surface area contributed by atoms with Crippen LogP contribution in [0.15, 0.2) is 66.7 Å². The van der Waals surface area contributed by atoms with Crippen LogP contribution in [0.25, 0.3) is 10.9 Å². The monoisotopic (exact) mass is 410 g/mol. The molecule has 1 amide bonds. The lowest BCUT2D eigenvalue weighted by atomic mass is 10.1. The maximum absolute atomic E-state index is 14.0. The molecule has 0 aliphatic rings. The van der Waals surface area contributed by atoms with Gasteiger partial charge in [0.05, 0.1) is 11.3 Å². The average Bonchev–Trinajstić information content (AvgIpc) is 3.07. The summed E-state index contributed by atoms with van der Waals surface area (Å²) in [4.78, 5) is 28.6. The standard InChI is InChI=1S/C22H13ClF2N2O2/c23-13-6-8-15-18(10-13)26-20(21(28)12-4-2-1-3-5-12)19(15)27-22(29)16-11-14(24)7-9-17(16)25/h1-11,26H,(H,27,29). The van der Waals surface area contributed by atoms with Crippen molar-refractivity contribution in [3.63, 3.8) is 0 Å². The Balaban J connectivity index is 1.83. The summed E-state index contributed by atoms with van der Waals surface area (Å²) in [5.41, 5.74) is 0.730. The fourth-order valence-electron chi connectivity index (χ4n) is 3.06. The van der Waals surface area contributed by atoms with Gasteiger partial charge in [-0.3, -0.25) is 9.59 Å². The molecule has 0 saturated heterocycles. The highest BCUT2D eigenvalue weighted by Gasteiger charge is 2.22. The molecule has 144 valence electrons. The fourth-order valence-corrected chi connectivity index (χ4v) is 3.23. The van der Waals surface area contributed by atoms with Crippen molar-refractivity contribution in [1.29, 1.82) is 0 Å². The summed E-state index contributed by atoms with van der Waals surface area (Å²) >= 11 is 6.03. The van der Waals surface area contributed by atoms with Crippen molar-refractivity contribution in [2.45, 2.75) is 0 Å². The molecular formula is C22H13ClF2N2O2. The van der Waals surface area contributed by atoms with Crippen molar-refractivity contribution in [2.75, 3.05) is 5.32 Å². The molecule has 7 heteroatoms. The van der Waals surface area contributed by atoms with Crippen molar-refractivity contribution in [2.24, 2.45) is 0 Å². The van der Waals surface area contributed by atoms with Crippen molar-refractivity contribution >= 4 is 39.9 Å². The molecule has 2 N–H and O–H groups in total. The molecule has 0 atom stereocenters. The maximum Gasteiger partial charge on any atom is 0.258 e. The van der Waals surface area contributed by atoms with E-state index in [2.05, 4.69) is 10.3 Å². The van der Waals surface area contributed by atoms with Gasteiger partial charge >= 0.3 is 0 Å². The molecular weight excluding hydrogens is 398 g/mol. The van der Waals surface area contributed by atoms with Gasteiger partial charge in [-0.2, -0.15) is 0 Å². The molecule has 0 bridgehead atoms. The number of anilines is 1. The Morgan fingerprint density at radius 1 is 0.931 bits per heavy atom. The first-order chi connectivity index (χ1) is 13.9. The minimum absolute atomic E-state index is 0.110. The number of aromatic nitrogens is 1. The molecule has 29 heavy (non-hydrogen) atoms. The van der Waals surface area contributed by atoms with Crippen LogP contribution in [0.3, 0.4) is 0 Å². The van der Waals surface area contributed by atoms with Gasteiger partial charge in [0, 0.05) is 21.5 Å². The van der Waals surface area contributed by atoms with Crippen LogP contribution >= 0.6 is 11.6 Å². The number of amides is 1. The molecule has 0 aliphatic carbocycles. The number of hydrogen-bond donors (Lipinski definition) is 2.